The molecule has 3 heteroatoms. The van der Waals surface area contributed by atoms with Crippen molar-refractivity contribution in [2.75, 3.05) is 4.90 Å². The Morgan fingerprint density at radius 3 is 1.83 bits per heavy atom. The fraction of sp³-hybridized carbons (Fsp3) is 0.0492. The molecule has 0 spiro atoms. The zero-order valence-corrected chi connectivity index (χ0v) is 35.5. The van der Waals surface area contributed by atoms with Gasteiger partial charge >= 0.3 is 0 Å². The lowest BCUT2D eigenvalue weighted by Gasteiger charge is -2.29. The standard InChI is InChI=1S/C61H41NO2/c1-61(2)53-21-8-5-15-46(53)50-20-11-18-44(59(50)61)40-27-33-43(34-28-40)62(42-31-25-38(26-32-42)41-30-36-56-52(37-41)48-17-7-10-23-55(48)63-56)54-22-9-6-16-47(54)49-19-12-24-57-58(49)51-35-29-39-13-3-4-14-45(39)60(51)64-57/h3-37H,1-2H3. The van der Waals surface area contributed by atoms with E-state index in [1.165, 1.54) is 38.8 Å². The van der Waals surface area contributed by atoms with Gasteiger partial charge in [0.25, 0.3) is 0 Å². The number of hydrogen-bond donors (Lipinski definition) is 0. The van der Waals surface area contributed by atoms with E-state index in [2.05, 4.69) is 219 Å². The van der Waals surface area contributed by atoms with E-state index in [9.17, 15) is 0 Å². The van der Waals surface area contributed by atoms with Crippen molar-refractivity contribution in [3.05, 3.63) is 223 Å². The molecule has 3 nitrogen and oxygen atoms in total. The number of benzene rings is 10. The van der Waals surface area contributed by atoms with E-state index >= 15 is 0 Å². The Balaban J connectivity index is 0.969. The van der Waals surface area contributed by atoms with Crippen molar-refractivity contribution >= 4 is 71.7 Å². The van der Waals surface area contributed by atoms with Crippen molar-refractivity contribution < 1.29 is 8.83 Å². The van der Waals surface area contributed by atoms with Crippen LogP contribution in [-0.2, 0) is 5.41 Å². The molecule has 13 rings (SSSR count). The summed E-state index contributed by atoms with van der Waals surface area (Å²) < 4.78 is 12.9. The highest BCUT2D eigenvalue weighted by molar-refractivity contribution is 6.20. The highest BCUT2D eigenvalue weighted by Gasteiger charge is 2.37. The zero-order valence-electron chi connectivity index (χ0n) is 35.5. The first-order valence-corrected chi connectivity index (χ1v) is 22.1. The topological polar surface area (TPSA) is 29.5 Å². The molecule has 0 unspecified atom stereocenters. The Hall–Kier alpha value is -8.14. The normalized spacial score (nSPS) is 13.0. The van der Waals surface area contributed by atoms with Crippen LogP contribution in [0.4, 0.5) is 17.1 Å². The van der Waals surface area contributed by atoms with Gasteiger partial charge < -0.3 is 13.7 Å². The summed E-state index contributed by atoms with van der Waals surface area (Å²) in [6, 6.07) is 76.7. The number of hydrogen-bond acceptors (Lipinski definition) is 3. The summed E-state index contributed by atoms with van der Waals surface area (Å²) in [6.45, 7) is 4.72. The van der Waals surface area contributed by atoms with E-state index < -0.39 is 0 Å². The maximum atomic E-state index is 6.70. The first-order chi connectivity index (χ1) is 31.5. The van der Waals surface area contributed by atoms with E-state index in [1.54, 1.807) is 0 Å². The van der Waals surface area contributed by atoms with E-state index in [-0.39, 0.29) is 5.41 Å². The molecule has 0 saturated heterocycles. The van der Waals surface area contributed by atoms with Gasteiger partial charge in [0, 0.05) is 49.3 Å². The molecule has 12 aromatic rings. The summed E-state index contributed by atoms with van der Waals surface area (Å²) in [6.07, 6.45) is 0. The zero-order chi connectivity index (χ0) is 42.5. The number of anilines is 3. The highest BCUT2D eigenvalue weighted by atomic mass is 16.3. The van der Waals surface area contributed by atoms with Crippen LogP contribution >= 0.6 is 0 Å². The molecule has 0 bridgehead atoms. The van der Waals surface area contributed by atoms with Crippen LogP contribution in [0.2, 0.25) is 0 Å². The molecule has 0 fully saturated rings. The Kier molecular flexibility index (Phi) is 7.95. The van der Waals surface area contributed by atoms with E-state index in [4.69, 9.17) is 8.83 Å². The Morgan fingerprint density at radius 1 is 0.375 bits per heavy atom. The second-order valence-electron chi connectivity index (χ2n) is 17.6. The van der Waals surface area contributed by atoms with Crippen LogP contribution in [0.3, 0.4) is 0 Å². The SMILES string of the molecule is CC1(C)c2ccccc2-c2cccc(-c3ccc(N(c4ccc(-c5ccc6oc7ccccc7c6c5)cc4)c4ccccc4-c4cccc5oc6c7ccccc7ccc6c45)cc3)c21. The molecule has 0 saturated carbocycles. The van der Waals surface area contributed by atoms with Gasteiger partial charge in [-0.15, -0.1) is 0 Å². The molecule has 2 heterocycles. The summed E-state index contributed by atoms with van der Waals surface area (Å²) in [5, 5.41) is 6.77. The maximum absolute atomic E-state index is 6.70. The lowest BCUT2D eigenvalue weighted by molar-refractivity contribution is 0.662. The molecule has 302 valence electrons. The Morgan fingerprint density at radius 2 is 0.984 bits per heavy atom. The lowest BCUT2D eigenvalue weighted by atomic mass is 9.79. The Bertz CT molecular complexity index is 3810. The lowest BCUT2D eigenvalue weighted by Crippen LogP contribution is -2.16. The minimum atomic E-state index is -0.117. The largest absolute Gasteiger partial charge is 0.456 e. The summed E-state index contributed by atoms with van der Waals surface area (Å²) in [7, 11) is 0. The number of para-hydroxylation sites is 2. The number of rotatable bonds is 6. The number of nitrogens with zero attached hydrogens (tertiary/aromatic N) is 1. The van der Waals surface area contributed by atoms with Crippen LogP contribution in [0.1, 0.15) is 25.0 Å². The third-order valence-electron chi connectivity index (χ3n) is 13.7. The summed E-state index contributed by atoms with van der Waals surface area (Å²) in [5.41, 5.74) is 19.1. The van der Waals surface area contributed by atoms with Crippen molar-refractivity contribution in [1.29, 1.82) is 0 Å². The molecule has 0 atom stereocenters. The van der Waals surface area contributed by atoms with Crippen molar-refractivity contribution in [3.63, 3.8) is 0 Å². The summed E-state index contributed by atoms with van der Waals surface area (Å²) in [4.78, 5) is 2.40. The minimum Gasteiger partial charge on any atom is -0.456 e. The molecule has 2 aromatic heterocycles. The third kappa shape index (κ3) is 5.47. The fourth-order valence-electron chi connectivity index (χ4n) is 10.7. The van der Waals surface area contributed by atoms with Crippen LogP contribution in [0.5, 0.6) is 0 Å². The number of furan rings is 2. The van der Waals surface area contributed by atoms with Crippen LogP contribution in [0, 0.1) is 0 Å². The van der Waals surface area contributed by atoms with Gasteiger partial charge in [-0.2, -0.15) is 0 Å². The fourth-order valence-corrected chi connectivity index (χ4v) is 10.7. The molecule has 0 amide bonds. The van der Waals surface area contributed by atoms with Crippen LogP contribution in [0.15, 0.2) is 221 Å². The van der Waals surface area contributed by atoms with Crippen molar-refractivity contribution in [2.24, 2.45) is 0 Å². The van der Waals surface area contributed by atoms with Gasteiger partial charge in [-0.3, -0.25) is 0 Å². The molecule has 0 aliphatic heterocycles. The number of fused-ring (bicyclic) bond motifs is 11. The van der Waals surface area contributed by atoms with Crippen molar-refractivity contribution in [3.8, 4) is 44.5 Å². The molecule has 1 aliphatic carbocycles. The van der Waals surface area contributed by atoms with Crippen molar-refractivity contribution in [1.82, 2.24) is 0 Å². The van der Waals surface area contributed by atoms with Crippen molar-refractivity contribution in [2.45, 2.75) is 19.3 Å². The average molecular weight is 820 g/mol. The maximum Gasteiger partial charge on any atom is 0.143 e. The summed E-state index contributed by atoms with van der Waals surface area (Å²) >= 11 is 0. The molecule has 10 aromatic carbocycles. The molecule has 0 N–H and O–H groups in total. The van der Waals surface area contributed by atoms with E-state index in [0.717, 1.165) is 88.6 Å². The van der Waals surface area contributed by atoms with Crippen LogP contribution in [0.25, 0.3) is 99.2 Å². The van der Waals surface area contributed by atoms with Gasteiger partial charge in [-0.05, 0) is 116 Å². The van der Waals surface area contributed by atoms with Crippen LogP contribution < -0.4 is 4.90 Å². The minimum absolute atomic E-state index is 0.117. The molecule has 64 heavy (non-hydrogen) atoms. The smallest absolute Gasteiger partial charge is 0.143 e. The predicted octanol–water partition coefficient (Wildman–Crippen LogP) is 17.4. The Labute approximate surface area is 371 Å². The van der Waals surface area contributed by atoms with Gasteiger partial charge in [0.2, 0.25) is 0 Å². The molecular formula is C61H41NO2. The second-order valence-corrected chi connectivity index (χ2v) is 17.6. The van der Waals surface area contributed by atoms with E-state index in [0.29, 0.717) is 0 Å². The van der Waals surface area contributed by atoms with Crippen LogP contribution in [-0.4, -0.2) is 0 Å². The third-order valence-corrected chi connectivity index (χ3v) is 13.7. The van der Waals surface area contributed by atoms with Gasteiger partial charge in [0.05, 0.1) is 5.69 Å². The van der Waals surface area contributed by atoms with Gasteiger partial charge in [0.1, 0.15) is 22.3 Å². The predicted molar refractivity (Wildman–Crippen MR) is 267 cm³/mol. The summed E-state index contributed by atoms with van der Waals surface area (Å²) in [5.74, 6) is 0. The first-order valence-electron chi connectivity index (χ1n) is 22.1. The van der Waals surface area contributed by atoms with Gasteiger partial charge in [0.15, 0.2) is 0 Å². The monoisotopic (exact) mass is 819 g/mol. The van der Waals surface area contributed by atoms with E-state index in [1.807, 2.05) is 12.1 Å². The van der Waals surface area contributed by atoms with Gasteiger partial charge in [-0.1, -0.05) is 166 Å². The highest BCUT2D eigenvalue weighted by Crippen LogP contribution is 2.53. The van der Waals surface area contributed by atoms with Gasteiger partial charge in [-0.25, -0.2) is 0 Å². The second kappa shape index (κ2) is 13.9. The quantitative estimate of drug-likeness (QED) is 0.167. The molecule has 1 aliphatic rings. The first kappa shape index (κ1) is 36.5. The molecule has 0 radical (unpaired) electrons. The molecular weight excluding hydrogens is 779 g/mol. The average Bonchev–Trinajstić information content (AvgIpc) is 4.00.